The van der Waals surface area contributed by atoms with Crippen LogP contribution in [0.4, 0.5) is 0 Å². The first-order chi connectivity index (χ1) is 2.64. The number of aliphatic hydroxyl groups is 1. The molecule has 0 fully saturated rings. The van der Waals surface area contributed by atoms with Crippen molar-refractivity contribution in [1.82, 2.24) is 0 Å². The molecule has 5 heavy (non-hydrogen) atoms. The highest BCUT2D eigenvalue weighted by Crippen LogP contribution is 1.83. The number of aliphatic hydroxyl groups excluding tert-OH is 1. The van der Waals surface area contributed by atoms with E-state index in [1.54, 1.807) is 13.8 Å². The van der Waals surface area contributed by atoms with E-state index in [1.807, 2.05) is 0 Å². The topological polar surface area (TPSA) is 20.2 Å². The largest absolute Gasteiger partial charge is 0.396 e. The van der Waals surface area contributed by atoms with Gasteiger partial charge in [0, 0.05) is 6.58 Å². The molecule has 32 valence electrons. The van der Waals surface area contributed by atoms with Gasteiger partial charge in [-0.1, -0.05) is 13.8 Å². The summed E-state index contributed by atoms with van der Waals surface area (Å²) in [6, 6.07) is 0. The van der Waals surface area contributed by atoms with E-state index in [0.717, 1.165) is 0 Å². The molecule has 0 aliphatic rings. The lowest BCUT2D eigenvalue weighted by molar-refractivity contribution is 0.248. The Morgan fingerprint density at radius 2 is 2.20 bits per heavy atom. The third kappa shape index (κ3) is 3.96. The van der Waals surface area contributed by atoms with Gasteiger partial charge in [0.2, 0.25) is 0 Å². The molecule has 0 bridgehead atoms. The summed E-state index contributed by atoms with van der Waals surface area (Å²) >= 11 is 0. The fourth-order valence-corrected chi connectivity index (χ4v) is 0. The molecule has 1 heteroatoms. The fraction of sp³-hybridized carbons (Fsp3) is 1.00. The highest BCUT2D eigenvalue weighted by molar-refractivity contribution is 4.32. The lowest BCUT2D eigenvalue weighted by Gasteiger charge is -1.90. The summed E-state index contributed by atoms with van der Waals surface area (Å²) in [6.45, 7) is 2.71. The monoisotopic (exact) mass is 75.1 g/mol. The van der Waals surface area contributed by atoms with Crippen molar-refractivity contribution in [2.45, 2.75) is 13.8 Å². The van der Waals surface area contributed by atoms with Gasteiger partial charge >= 0.3 is 0 Å². The molecule has 0 aromatic heterocycles. The maximum absolute atomic E-state index is 8.30. The van der Waals surface area contributed by atoms with Crippen LogP contribution in [0.15, 0.2) is 0 Å². The summed E-state index contributed by atoms with van der Waals surface area (Å²) < 4.78 is 6.59. The van der Waals surface area contributed by atoms with Gasteiger partial charge in [-0.05, 0) is 5.92 Å². The Bertz CT molecular complexity index is 28.5. The molecule has 0 aromatic carbocycles. The van der Waals surface area contributed by atoms with E-state index in [9.17, 15) is 0 Å². The predicted molar refractivity (Wildman–Crippen MR) is 21.9 cm³/mol. The van der Waals surface area contributed by atoms with Crippen molar-refractivity contribution in [2.75, 3.05) is 6.58 Å². The number of hydrogen-bond donors (Lipinski definition) is 1. The van der Waals surface area contributed by atoms with Crippen molar-refractivity contribution in [3.05, 3.63) is 0 Å². The zero-order valence-electron chi connectivity index (χ0n) is 4.60. The lowest BCUT2D eigenvalue weighted by atomic mass is 10.2. The van der Waals surface area contributed by atoms with E-state index in [4.69, 9.17) is 6.48 Å². The third-order valence-corrected chi connectivity index (χ3v) is 0.298. The van der Waals surface area contributed by atoms with Crippen molar-refractivity contribution in [3.8, 4) is 0 Å². The minimum absolute atomic E-state index is 0.0741. The van der Waals surface area contributed by atoms with Gasteiger partial charge in [0.1, 0.15) is 0 Å². The molecule has 0 unspecified atom stereocenters. The summed E-state index contributed by atoms with van der Waals surface area (Å²) in [4.78, 5) is 0. The van der Waals surface area contributed by atoms with E-state index in [2.05, 4.69) is 0 Å². The van der Waals surface area contributed by atoms with Gasteiger partial charge < -0.3 is 5.11 Å². The Morgan fingerprint density at radius 1 is 2.00 bits per heavy atom. The van der Waals surface area contributed by atoms with E-state index in [0.29, 0.717) is 0 Å². The van der Waals surface area contributed by atoms with Crippen molar-refractivity contribution in [3.63, 3.8) is 0 Å². The first-order valence-electron chi connectivity index (χ1n) is 2.32. The molecule has 0 rings (SSSR count). The highest BCUT2D eigenvalue weighted by Gasteiger charge is 1.81. The molecular formula is C4H10O. The summed E-state index contributed by atoms with van der Waals surface area (Å²) in [5.74, 6) is 0.0741. The van der Waals surface area contributed by atoms with Gasteiger partial charge in [0.05, 0.1) is 1.37 Å². The zero-order valence-corrected chi connectivity index (χ0v) is 3.60. The molecule has 0 saturated carbocycles. The maximum Gasteiger partial charge on any atom is 0.0566 e. The van der Waals surface area contributed by atoms with Crippen molar-refractivity contribution in [2.24, 2.45) is 5.92 Å². The van der Waals surface area contributed by atoms with Gasteiger partial charge in [-0.3, -0.25) is 0 Å². The molecule has 0 radical (unpaired) electrons. The normalized spacial score (nSPS) is 18.8. The van der Waals surface area contributed by atoms with Crippen molar-refractivity contribution >= 4 is 0 Å². The number of rotatable bonds is 1. The van der Waals surface area contributed by atoms with Crippen LogP contribution in [0, 0.1) is 5.92 Å². The first-order valence-corrected chi connectivity index (χ1v) is 1.75. The molecule has 1 atom stereocenters. The Labute approximate surface area is 34.0 Å². The van der Waals surface area contributed by atoms with Crippen LogP contribution in [0.1, 0.15) is 15.2 Å². The lowest BCUT2D eigenvalue weighted by Crippen LogP contribution is -1.90. The number of hydrogen-bond acceptors (Lipinski definition) is 1. The molecule has 0 aliphatic heterocycles. The zero-order chi connectivity index (χ0) is 5.15. The molecule has 0 amide bonds. The van der Waals surface area contributed by atoms with Crippen LogP contribution < -0.4 is 0 Å². The van der Waals surface area contributed by atoms with Gasteiger partial charge in [0.15, 0.2) is 0 Å². The van der Waals surface area contributed by atoms with Crippen LogP contribution in [-0.2, 0) is 0 Å². The minimum atomic E-state index is -0.898. The second kappa shape index (κ2) is 2.21. The Hall–Kier alpha value is -0.0400. The quantitative estimate of drug-likeness (QED) is 0.484. The summed E-state index contributed by atoms with van der Waals surface area (Å²) in [5, 5.41) is 8.30. The molecule has 1 N–H and O–H groups in total. The van der Waals surface area contributed by atoms with Gasteiger partial charge in [-0.2, -0.15) is 0 Å². The molecule has 0 aliphatic carbocycles. The van der Waals surface area contributed by atoms with Crippen LogP contribution in [0.5, 0.6) is 0 Å². The SMILES string of the molecule is [2H][C@@H](O)C(C)C. The standard InChI is InChI=1S/C4H10O/c1-4(2)3-5/h4-5H,3H2,1-2H3/i3D/t3-/m1/s1. The molecular weight excluding hydrogens is 64.0 g/mol. The summed E-state index contributed by atoms with van der Waals surface area (Å²) in [6.07, 6.45) is 0. The molecule has 0 aromatic rings. The first kappa shape index (κ1) is 3.16. The van der Waals surface area contributed by atoms with Gasteiger partial charge in [-0.15, -0.1) is 0 Å². The van der Waals surface area contributed by atoms with Gasteiger partial charge in [0.25, 0.3) is 0 Å². The maximum atomic E-state index is 8.30. The molecule has 0 heterocycles. The van der Waals surface area contributed by atoms with Crippen molar-refractivity contribution in [1.29, 1.82) is 0 Å². The Balaban J connectivity index is 2.99. The van der Waals surface area contributed by atoms with Crippen molar-refractivity contribution < 1.29 is 6.48 Å². The van der Waals surface area contributed by atoms with Crippen LogP contribution in [0.3, 0.4) is 0 Å². The highest BCUT2D eigenvalue weighted by atomic mass is 16.3. The van der Waals surface area contributed by atoms with Gasteiger partial charge in [-0.25, -0.2) is 0 Å². The average molecular weight is 75.1 g/mol. The minimum Gasteiger partial charge on any atom is -0.396 e. The average Bonchev–Trinajstić information content (AvgIpc) is 1.36. The second-order valence-corrected chi connectivity index (χ2v) is 1.39. The van der Waals surface area contributed by atoms with Crippen LogP contribution in [0.2, 0.25) is 0 Å². The van der Waals surface area contributed by atoms with E-state index in [1.165, 1.54) is 0 Å². The van der Waals surface area contributed by atoms with E-state index < -0.39 is 6.58 Å². The Kier molecular flexibility index (Phi) is 1.40. The van der Waals surface area contributed by atoms with Crippen LogP contribution >= 0.6 is 0 Å². The summed E-state index contributed by atoms with van der Waals surface area (Å²) in [7, 11) is 0. The summed E-state index contributed by atoms with van der Waals surface area (Å²) in [5.41, 5.74) is 0. The molecule has 1 nitrogen and oxygen atoms in total. The van der Waals surface area contributed by atoms with Crippen LogP contribution in [-0.4, -0.2) is 11.7 Å². The van der Waals surface area contributed by atoms with Crippen LogP contribution in [0.25, 0.3) is 0 Å². The second-order valence-electron chi connectivity index (χ2n) is 1.39. The van der Waals surface area contributed by atoms with E-state index in [-0.39, 0.29) is 5.92 Å². The molecule has 0 saturated heterocycles. The fourth-order valence-electron chi connectivity index (χ4n) is 0. The van der Waals surface area contributed by atoms with E-state index >= 15 is 0 Å². The molecule has 0 spiro atoms. The third-order valence-electron chi connectivity index (χ3n) is 0.298. The predicted octanol–water partition coefficient (Wildman–Crippen LogP) is 0.635. The smallest absolute Gasteiger partial charge is 0.0566 e. The Morgan fingerprint density at radius 3 is 2.20 bits per heavy atom.